The smallest absolute Gasteiger partial charge is 0.313 e. The average Bonchev–Trinajstić information content (AvgIpc) is 1.63. The standard InChI is InChI=1S/C6H10O3.Al.2H2O.3H/c1-3-9-6(8)4-5(2)7;;;;;;/h3-4H2,1-2H3;;2*1H2;;;. The van der Waals surface area contributed by atoms with E-state index in [0.717, 1.165) is 0 Å². The lowest BCUT2D eigenvalue weighted by Gasteiger charge is -1.96. The van der Waals surface area contributed by atoms with Crippen molar-refractivity contribution in [3.8, 4) is 0 Å². The van der Waals surface area contributed by atoms with Crippen LogP contribution in [0.25, 0.3) is 0 Å². The molecule has 0 amide bonds. The number of hydrogen-bond acceptors (Lipinski definition) is 3. The first-order chi connectivity index (χ1) is 4.16. The fraction of sp³-hybridized carbons (Fsp3) is 0.667. The van der Waals surface area contributed by atoms with Gasteiger partial charge >= 0.3 is 5.97 Å². The van der Waals surface area contributed by atoms with Gasteiger partial charge in [-0.1, -0.05) is 0 Å². The molecule has 0 aliphatic rings. The maximum absolute atomic E-state index is 10.4. The molecule has 0 atom stereocenters. The van der Waals surface area contributed by atoms with Gasteiger partial charge in [0.1, 0.15) is 12.2 Å². The van der Waals surface area contributed by atoms with Crippen LogP contribution in [0.2, 0.25) is 0 Å². The third-order valence-corrected chi connectivity index (χ3v) is 0.699. The topological polar surface area (TPSA) is 106 Å². The van der Waals surface area contributed by atoms with Gasteiger partial charge in [0.2, 0.25) is 0 Å². The molecule has 12 heavy (non-hydrogen) atoms. The zero-order valence-corrected chi connectivity index (χ0v) is 6.64. The van der Waals surface area contributed by atoms with Gasteiger partial charge in [-0.3, -0.25) is 9.59 Å². The van der Waals surface area contributed by atoms with E-state index in [-0.39, 0.29) is 40.5 Å². The van der Waals surface area contributed by atoms with E-state index >= 15 is 0 Å². The zero-order valence-electron chi connectivity index (χ0n) is 6.64. The number of carbonyl (C=O) groups excluding carboxylic acids is 2. The maximum Gasteiger partial charge on any atom is 0.313 e. The number of carbonyl (C=O) groups is 2. The third kappa shape index (κ3) is 16.3. The number of hydrogen-bond donors (Lipinski definition) is 0. The van der Waals surface area contributed by atoms with Crippen LogP contribution < -0.4 is 0 Å². The third-order valence-electron chi connectivity index (χ3n) is 0.699. The average molecular weight is 196 g/mol. The minimum absolute atomic E-state index is 0. The molecule has 0 aliphatic heterocycles. The van der Waals surface area contributed by atoms with Crippen molar-refractivity contribution < 1.29 is 25.3 Å². The number of ketones is 1. The molecule has 0 unspecified atom stereocenters. The fourth-order valence-electron chi connectivity index (χ4n) is 0.415. The number of ether oxygens (including phenoxy) is 1. The second-order valence-corrected chi connectivity index (χ2v) is 1.68. The summed E-state index contributed by atoms with van der Waals surface area (Å²) in [4.78, 5) is 20.6. The van der Waals surface area contributed by atoms with Crippen molar-refractivity contribution in [2.45, 2.75) is 20.3 Å². The molecule has 0 heterocycles. The molecule has 0 aliphatic carbocycles. The van der Waals surface area contributed by atoms with E-state index in [1.54, 1.807) is 6.92 Å². The van der Waals surface area contributed by atoms with Crippen LogP contribution in [0.5, 0.6) is 0 Å². The minimum Gasteiger partial charge on any atom is -0.466 e. The highest BCUT2D eigenvalue weighted by Gasteiger charge is 2.03. The van der Waals surface area contributed by atoms with Crippen LogP contribution in [0.4, 0.5) is 0 Å². The van der Waals surface area contributed by atoms with Gasteiger partial charge in [0.15, 0.2) is 17.4 Å². The summed E-state index contributed by atoms with van der Waals surface area (Å²) in [6.07, 6.45) is -0.103. The molecule has 0 aromatic carbocycles. The van der Waals surface area contributed by atoms with Crippen molar-refractivity contribution in [2.75, 3.05) is 6.61 Å². The Balaban J connectivity index is -0.000000107. The summed E-state index contributed by atoms with van der Waals surface area (Å²) in [6, 6.07) is 0. The van der Waals surface area contributed by atoms with Gasteiger partial charge in [-0.2, -0.15) is 0 Å². The molecule has 0 fully saturated rings. The number of rotatable bonds is 3. The van der Waals surface area contributed by atoms with Crippen molar-refractivity contribution in [1.29, 1.82) is 0 Å². The number of Topliss-reactive ketones (excluding diaryl/α,β-unsaturated/α-hetero) is 1. The van der Waals surface area contributed by atoms with E-state index in [1.807, 2.05) is 0 Å². The predicted molar refractivity (Wildman–Crippen MR) is 49.1 cm³/mol. The molecular weight excluding hydrogens is 179 g/mol. The highest BCUT2D eigenvalue weighted by atomic mass is 27.0. The molecule has 0 aromatic rings. The Morgan fingerprint density at radius 2 is 1.67 bits per heavy atom. The summed E-state index contributed by atoms with van der Waals surface area (Å²) in [6.45, 7) is 3.40. The molecule has 0 radical (unpaired) electrons. The van der Waals surface area contributed by atoms with Crippen LogP contribution in [-0.2, 0) is 14.3 Å². The van der Waals surface area contributed by atoms with Crippen molar-refractivity contribution in [1.82, 2.24) is 0 Å². The quantitative estimate of drug-likeness (QED) is 0.287. The molecule has 6 heteroatoms. The summed E-state index contributed by atoms with van der Waals surface area (Å²) in [5.41, 5.74) is 0. The highest BCUT2D eigenvalue weighted by molar-refractivity contribution is 5.94. The van der Waals surface area contributed by atoms with E-state index in [4.69, 9.17) is 0 Å². The highest BCUT2D eigenvalue weighted by Crippen LogP contribution is 1.86. The normalized spacial score (nSPS) is 6.50. The largest absolute Gasteiger partial charge is 0.466 e. The number of esters is 1. The van der Waals surface area contributed by atoms with E-state index in [0.29, 0.717) is 6.61 Å². The summed E-state index contributed by atoms with van der Waals surface area (Å²) in [5.74, 6) is -0.599. The Morgan fingerprint density at radius 3 is 1.92 bits per heavy atom. The molecule has 0 spiro atoms. The molecule has 0 saturated heterocycles. The van der Waals surface area contributed by atoms with E-state index in [9.17, 15) is 9.59 Å². The van der Waals surface area contributed by atoms with Gasteiger partial charge in [0, 0.05) is 0 Å². The van der Waals surface area contributed by atoms with Crippen molar-refractivity contribution in [3.05, 3.63) is 0 Å². The van der Waals surface area contributed by atoms with Gasteiger partial charge < -0.3 is 15.7 Å². The minimum atomic E-state index is -0.440. The molecule has 74 valence electrons. The summed E-state index contributed by atoms with van der Waals surface area (Å²) in [7, 11) is 0. The van der Waals surface area contributed by atoms with Crippen molar-refractivity contribution in [3.63, 3.8) is 0 Å². The van der Waals surface area contributed by atoms with Gasteiger partial charge in [-0.05, 0) is 13.8 Å². The Labute approximate surface area is 81.8 Å². The molecule has 0 rings (SSSR count). The molecule has 4 N–H and O–H groups in total. The maximum atomic E-state index is 10.4. The van der Waals surface area contributed by atoms with Crippen molar-refractivity contribution in [2.24, 2.45) is 0 Å². The summed E-state index contributed by atoms with van der Waals surface area (Å²) in [5, 5.41) is 0. The van der Waals surface area contributed by atoms with Crippen LogP contribution in [0.15, 0.2) is 0 Å². The van der Waals surface area contributed by atoms with Gasteiger partial charge in [0.25, 0.3) is 0 Å². The first kappa shape index (κ1) is 22.6. The van der Waals surface area contributed by atoms with E-state index in [2.05, 4.69) is 4.74 Å². The second kappa shape index (κ2) is 13.2. The van der Waals surface area contributed by atoms with Gasteiger partial charge in [-0.15, -0.1) is 0 Å². The lowest BCUT2D eigenvalue weighted by molar-refractivity contribution is -0.145. The summed E-state index contributed by atoms with van der Waals surface area (Å²) >= 11 is 0. The lowest BCUT2D eigenvalue weighted by atomic mass is 10.3. The Kier molecular flexibility index (Phi) is 24.8. The molecular formula is C6H17AlO5. The Morgan fingerprint density at radius 1 is 1.25 bits per heavy atom. The van der Waals surface area contributed by atoms with Crippen LogP contribution in [0.1, 0.15) is 20.3 Å². The van der Waals surface area contributed by atoms with Crippen LogP contribution >= 0.6 is 0 Å². The molecule has 5 nitrogen and oxygen atoms in total. The first-order valence-electron chi connectivity index (χ1n) is 2.82. The monoisotopic (exact) mass is 196 g/mol. The van der Waals surface area contributed by atoms with Crippen LogP contribution in [-0.4, -0.2) is 46.7 Å². The second-order valence-electron chi connectivity index (χ2n) is 1.68. The van der Waals surface area contributed by atoms with E-state index < -0.39 is 5.97 Å². The molecule has 0 bridgehead atoms. The Hall–Kier alpha value is -0.408. The Bertz CT molecular complexity index is 125. The molecule has 0 saturated carbocycles. The van der Waals surface area contributed by atoms with Crippen LogP contribution in [0.3, 0.4) is 0 Å². The fourth-order valence-corrected chi connectivity index (χ4v) is 0.415. The summed E-state index contributed by atoms with van der Waals surface area (Å²) < 4.78 is 4.49. The van der Waals surface area contributed by atoms with Gasteiger partial charge in [0.05, 0.1) is 6.61 Å². The first-order valence-corrected chi connectivity index (χ1v) is 2.82. The predicted octanol–water partition coefficient (Wildman–Crippen LogP) is -2.30. The van der Waals surface area contributed by atoms with Gasteiger partial charge in [-0.25, -0.2) is 0 Å². The van der Waals surface area contributed by atoms with E-state index in [1.165, 1.54) is 6.92 Å². The van der Waals surface area contributed by atoms with Crippen molar-refractivity contribution >= 4 is 29.1 Å². The lowest BCUT2D eigenvalue weighted by Crippen LogP contribution is -2.07. The SMILES string of the molecule is CCOC(=O)CC(C)=O.O.O.[AlH3]. The molecule has 0 aromatic heterocycles. The zero-order chi connectivity index (χ0) is 7.28. The van der Waals surface area contributed by atoms with Crippen LogP contribution in [0, 0.1) is 0 Å².